The number of carbonyl (C=O) groups is 1. The molecule has 0 radical (unpaired) electrons. The average molecular weight is 542 g/mol. The molecule has 4 aromatic rings. The summed E-state index contributed by atoms with van der Waals surface area (Å²) < 4.78 is 14.4. The first-order valence-corrected chi connectivity index (χ1v) is 12.6. The molecule has 0 aliphatic carbocycles. The van der Waals surface area contributed by atoms with E-state index >= 15 is 0 Å². The van der Waals surface area contributed by atoms with Gasteiger partial charge in [-0.25, -0.2) is 10.4 Å². The lowest BCUT2D eigenvalue weighted by atomic mass is 10.2. The zero-order valence-corrected chi connectivity index (χ0v) is 20.9. The Labute approximate surface area is 208 Å². The fourth-order valence-electron chi connectivity index (χ4n) is 2.93. The molecule has 4 rings (SSSR count). The van der Waals surface area contributed by atoms with Crippen LogP contribution in [0.3, 0.4) is 0 Å². The number of hydrogen-bond donors (Lipinski definition) is 1. The number of hydrogen-bond acceptors (Lipinski definition) is 7. The molecular weight excluding hydrogens is 522 g/mol. The first-order chi connectivity index (χ1) is 16.1. The van der Waals surface area contributed by atoms with Gasteiger partial charge in [0.25, 0.3) is 5.91 Å². The van der Waals surface area contributed by atoms with Crippen LogP contribution in [0.15, 0.2) is 80.6 Å². The molecule has 9 heteroatoms. The number of ether oxygens (including phenoxy) is 2. The topological polar surface area (TPSA) is 72.8 Å². The zero-order valence-electron chi connectivity index (χ0n) is 17.7. The van der Waals surface area contributed by atoms with Crippen molar-refractivity contribution in [1.29, 1.82) is 0 Å². The Kier molecular flexibility index (Phi) is 7.98. The lowest BCUT2D eigenvalue weighted by molar-refractivity contribution is -0.118. The average Bonchev–Trinajstić information content (AvgIpc) is 3.26. The van der Waals surface area contributed by atoms with Gasteiger partial charge in [-0.3, -0.25) is 4.79 Å². The van der Waals surface area contributed by atoms with Crippen molar-refractivity contribution in [3.63, 3.8) is 0 Å². The standard InChI is InChI=1S/C24H20BrN3O3S2/c1-30-20-7-4-5-17(23(20)31-14-16-9-11-18(25)12-10-16)13-26-28-22(29)15-32-24-27-19-6-2-3-8-21(19)33-24/h2-13H,14-15H2,1H3,(H,28,29)/b26-13+. The molecule has 0 saturated carbocycles. The Morgan fingerprint density at radius 3 is 2.76 bits per heavy atom. The normalized spacial score (nSPS) is 11.1. The zero-order chi connectivity index (χ0) is 23.0. The molecule has 0 atom stereocenters. The number of fused-ring (bicyclic) bond motifs is 1. The molecule has 0 aliphatic heterocycles. The summed E-state index contributed by atoms with van der Waals surface area (Å²) in [5, 5.41) is 4.10. The molecular formula is C24H20BrN3O3S2. The van der Waals surface area contributed by atoms with Crippen molar-refractivity contribution in [1.82, 2.24) is 10.4 Å². The maximum Gasteiger partial charge on any atom is 0.250 e. The van der Waals surface area contributed by atoms with Crippen molar-refractivity contribution in [3.05, 3.63) is 82.3 Å². The van der Waals surface area contributed by atoms with E-state index in [0.29, 0.717) is 23.7 Å². The van der Waals surface area contributed by atoms with Crippen LogP contribution in [0.25, 0.3) is 10.2 Å². The van der Waals surface area contributed by atoms with Crippen molar-refractivity contribution < 1.29 is 14.3 Å². The molecule has 1 N–H and O–H groups in total. The van der Waals surface area contributed by atoms with Gasteiger partial charge in [-0.1, -0.05) is 58.0 Å². The number of hydrazone groups is 1. The Hall–Kier alpha value is -2.88. The number of nitrogens with one attached hydrogen (secondary N) is 1. The van der Waals surface area contributed by atoms with Gasteiger partial charge in [-0.2, -0.15) is 5.10 Å². The second-order valence-electron chi connectivity index (χ2n) is 6.82. The molecule has 0 spiro atoms. The van der Waals surface area contributed by atoms with Crippen molar-refractivity contribution in [2.24, 2.45) is 5.10 Å². The van der Waals surface area contributed by atoms with Crippen LogP contribution >= 0.6 is 39.0 Å². The van der Waals surface area contributed by atoms with E-state index in [0.717, 1.165) is 24.6 Å². The highest BCUT2D eigenvalue weighted by molar-refractivity contribution is 9.10. The monoisotopic (exact) mass is 541 g/mol. The lowest BCUT2D eigenvalue weighted by Crippen LogP contribution is -2.19. The van der Waals surface area contributed by atoms with E-state index in [1.165, 1.54) is 11.8 Å². The van der Waals surface area contributed by atoms with Gasteiger partial charge in [0.05, 0.1) is 29.3 Å². The van der Waals surface area contributed by atoms with Crippen LogP contribution in [0, 0.1) is 0 Å². The van der Waals surface area contributed by atoms with Crippen molar-refractivity contribution >= 4 is 61.4 Å². The van der Waals surface area contributed by atoms with Crippen LogP contribution in [-0.2, 0) is 11.4 Å². The van der Waals surface area contributed by atoms with Gasteiger partial charge in [-0.15, -0.1) is 11.3 Å². The number of amides is 1. The number of para-hydroxylation sites is 2. The minimum atomic E-state index is -0.212. The number of nitrogens with zero attached hydrogens (tertiary/aromatic N) is 2. The molecule has 1 heterocycles. The summed E-state index contributed by atoms with van der Waals surface area (Å²) in [4.78, 5) is 16.8. The summed E-state index contributed by atoms with van der Waals surface area (Å²) in [6, 6.07) is 21.3. The molecule has 6 nitrogen and oxygen atoms in total. The fraction of sp³-hybridized carbons (Fsp3) is 0.125. The lowest BCUT2D eigenvalue weighted by Gasteiger charge is -2.13. The second-order valence-corrected chi connectivity index (χ2v) is 9.99. The minimum Gasteiger partial charge on any atom is -0.493 e. The largest absolute Gasteiger partial charge is 0.493 e. The smallest absolute Gasteiger partial charge is 0.250 e. The van der Waals surface area contributed by atoms with Crippen molar-refractivity contribution in [2.75, 3.05) is 12.9 Å². The maximum atomic E-state index is 12.2. The van der Waals surface area contributed by atoms with Crippen molar-refractivity contribution in [3.8, 4) is 11.5 Å². The molecule has 0 aliphatic rings. The number of halogens is 1. The Morgan fingerprint density at radius 1 is 1.15 bits per heavy atom. The first-order valence-electron chi connectivity index (χ1n) is 9.97. The fourth-order valence-corrected chi connectivity index (χ4v) is 5.06. The van der Waals surface area contributed by atoms with Gasteiger partial charge >= 0.3 is 0 Å². The van der Waals surface area contributed by atoms with Crippen LogP contribution in [-0.4, -0.2) is 30.0 Å². The van der Waals surface area contributed by atoms with Crippen molar-refractivity contribution in [2.45, 2.75) is 10.9 Å². The predicted molar refractivity (Wildman–Crippen MR) is 138 cm³/mol. The maximum absolute atomic E-state index is 12.2. The Morgan fingerprint density at radius 2 is 1.97 bits per heavy atom. The highest BCUT2D eigenvalue weighted by Gasteiger charge is 2.11. The van der Waals surface area contributed by atoms with Gasteiger partial charge in [-0.05, 0) is 42.0 Å². The van der Waals surface area contributed by atoms with Gasteiger partial charge in [0, 0.05) is 10.0 Å². The summed E-state index contributed by atoms with van der Waals surface area (Å²) in [5.41, 5.74) is 5.23. The number of carbonyl (C=O) groups excluding carboxylic acids is 1. The summed E-state index contributed by atoms with van der Waals surface area (Å²) in [5.74, 6) is 1.16. The number of thioether (sulfide) groups is 1. The predicted octanol–water partition coefficient (Wildman–Crippen LogP) is 5.89. The van der Waals surface area contributed by atoms with Gasteiger partial charge in [0.15, 0.2) is 15.8 Å². The Balaban J connectivity index is 1.36. The van der Waals surface area contributed by atoms with Gasteiger partial charge in [0.2, 0.25) is 0 Å². The number of thiazole rings is 1. The van der Waals surface area contributed by atoms with Crippen LogP contribution in [0.1, 0.15) is 11.1 Å². The molecule has 33 heavy (non-hydrogen) atoms. The third-order valence-corrected chi connectivity index (χ3v) is 7.23. The van der Waals surface area contributed by atoms with Gasteiger partial charge in [0.1, 0.15) is 6.61 Å². The minimum absolute atomic E-state index is 0.212. The molecule has 168 valence electrons. The SMILES string of the molecule is COc1cccc(/C=N/NC(=O)CSc2nc3ccccc3s2)c1OCc1ccc(Br)cc1. The second kappa shape index (κ2) is 11.3. The van der Waals surface area contributed by atoms with E-state index < -0.39 is 0 Å². The van der Waals surface area contributed by atoms with E-state index in [1.54, 1.807) is 24.7 Å². The van der Waals surface area contributed by atoms with Crippen LogP contribution in [0.2, 0.25) is 0 Å². The third-order valence-electron chi connectivity index (χ3n) is 4.52. The van der Waals surface area contributed by atoms with Crippen LogP contribution in [0.5, 0.6) is 11.5 Å². The molecule has 1 aromatic heterocycles. The molecule has 3 aromatic carbocycles. The first kappa shape index (κ1) is 23.3. The van der Waals surface area contributed by atoms with Gasteiger partial charge < -0.3 is 9.47 Å². The molecule has 0 fully saturated rings. The van der Waals surface area contributed by atoms with E-state index in [4.69, 9.17) is 9.47 Å². The number of aromatic nitrogens is 1. The van der Waals surface area contributed by atoms with Crippen LogP contribution < -0.4 is 14.9 Å². The third kappa shape index (κ3) is 6.34. The molecule has 0 unspecified atom stereocenters. The van der Waals surface area contributed by atoms with E-state index in [9.17, 15) is 4.79 Å². The van der Waals surface area contributed by atoms with E-state index in [1.807, 2.05) is 66.7 Å². The number of benzene rings is 3. The highest BCUT2D eigenvalue weighted by atomic mass is 79.9. The molecule has 0 saturated heterocycles. The summed E-state index contributed by atoms with van der Waals surface area (Å²) in [7, 11) is 1.59. The Bertz CT molecular complexity index is 1240. The van der Waals surface area contributed by atoms with Crippen LogP contribution in [0.4, 0.5) is 0 Å². The summed E-state index contributed by atoms with van der Waals surface area (Å²) in [6.45, 7) is 0.375. The van der Waals surface area contributed by atoms with E-state index in [-0.39, 0.29) is 11.7 Å². The highest BCUT2D eigenvalue weighted by Crippen LogP contribution is 2.31. The summed E-state index contributed by atoms with van der Waals surface area (Å²) >= 11 is 6.39. The summed E-state index contributed by atoms with van der Waals surface area (Å²) in [6.07, 6.45) is 1.56. The van der Waals surface area contributed by atoms with E-state index in [2.05, 4.69) is 31.4 Å². The molecule has 1 amide bonds. The number of rotatable bonds is 9. The molecule has 0 bridgehead atoms. The number of methoxy groups -OCH3 is 1. The quantitative estimate of drug-likeness (QED) is 0.162.